The van der Waals surface area contributed by atoms with E-state index in [0.717, 1.165) is 27.7 Å². The van der Waals surface area contributed by atoms with Gasteiger partial charge in [0.1, 0.15) is 0 Å². The molecule has 0 aliphatic heterocycles. The molecule has 0 amide bonds. The molecule has 2 aromatic carbocycles. The summed E-state index contributed by atoms with van der Waals surface area (Å²) in [7, 11) is 0. The number of nitrogens with one attached hydrogen (secondary N) is 1. The fraction of sp³-hybridized carbons (Fsp3) is 0.318. The van der Waals surface area contributed by atoms with E-state index in [9.17, 15) is 5.11 Å². The van der Waals surface area contributed by atoms with Gasteiger partial charge in [-0.05, 0) is 41.5 Å². The second-order valence-electron chi connectivity index (χ2n) is 7.29. The molecule has 0 aliphatic carbocycles. The zero-order valence-electron chi connectivity index (χ0n) is 15.6. The second-order valence-corrected chi connectivity index (χ2v) is 7.29. The van der Waals surface area contributed by atoms with Crippen LogP contribution in [0.4, 0.5) is 5.69 Å². The summed E-state index contributed by atoms with van der Waals surface area (Å²) in [4.78, 5) is 7.86. The third kappa shape index (κ3) is 3.32. The van der Waals surface area contributed by atoms with Crippen molar-refractivity contribution < 1.29 is 5.11 Å². The predicted octanol–water partition coefficient (Wildman–Crippen LogP) is 6.18. The molecule has 3 rings (SSSR count). The molecule has 0 bridgehead atoms. The van der Waals surface area contributed by atoms with Crippen LogP contribution in [-0.2, 0) is 0 Å². The Balaban J connectivity index is 2.13. The molecular weight excluding hydrogens is 308 g/mol. The molecule has 2 N–H and O–H groups in total. The molecule has 0 radical (unpaired) electrons. The van der Waals surface area contributed by atoms with Gasteiger partial charge in [0.05, 0.1) is 11.3 Å². The summed E-state index contributed by atoms with van der Waals surface area (Å²) in [5.74, 6) is 0.951. The van der Waals surface area contributed by atoms with Crippen LogP contribution >= 0.6 is 0 Å². The Bertz CT molecular complexity index is 906. The van der Waals surface area contributed by atoms with E-state index in [1.807, 2.05) is 19.1 Å². The fourth-order valence-corrected chi connectivity index (χ4v) is 3.24. The molecule has 0 fully saturated rings. The molecule has 0 unspecified atom stereocenters. The van der Waals surface area contributed by atoms with Crippen LogP contribution in [0.1, 0.15) is 61.8 Å². The Morgan fingerprint density at radius 1 is 1.00 bits per heavy atom. The van der Waals surface area contributed by atoms with Crippen LogP contribution in [0.15, 0.2) is 41.4 Å². The number of rotatable bonds is 4. The molecule has 3 nitrogen and oxygen atoms in total. The van der Waals surface area contributed by atoms with Crippen molar-refractivity contribution in [3.8, 4) is 5.88 Å². The highest BCUT2D eigenvalue weighted by atomic mass is 16.3. The minimum atomic E-state index is 0.164. The Kier molecular flexibility index (Phi) is 4.67. The molecule has 0 saturated heterocycles. The van der Waals surface area contributed by atoms with Crippen molar-refractivity contribution in [2.75, 3.05) is 0 Å². The number of fused-ring (bicyclic) bond motifs is 1. The number of aryl methyl sites for hydroxylation is 1. The third-order valence-electron chi connectivity index (χ3n) is 4.64. The van der Waals surface area contributed by atoms with Gasteiger partial charge in [0.2, 0.25) is 0 Å². The van der Waals surface area contributed by atoms with Crippen LogP contribution in [0.3, 0.4) is 0 Å². The van der Waals surface area contributed by atoms with Crippen molar-refractivity contribution in [3.63, 3.8) is 0 Å². The number of H-pyrrole nitrogens is 1. The lowest BCUT2D eigenvalue weighted by atomic mass is 9.93. The monoisotopic (exact) mass is 334 g/mol. The summed E-state index contributed by atoms with van der Waals surface area (Å²) < 4.78 is 0. The van der Waals surface area contributed by atoms with E-state index in [0.29, 0.717) is 11.8 Å². The molecule has 3 heteroatoms. The van der Waals surface area contributed by atoms with Crippen molar-refractivity contribution in [1.82, 2.24) is 4.98 Å². The minimum absolute atomic E-state index is 0.164. The summed E-state index contributed by atoms with van der Waals surface area (Å²) in [6.07, 6.45) is 1.79. The fourth-order valence-electron chi connectivity index (χ4n) is 3.24. The average molecular weight is 334 g/mol. The summed E-state index contributed by atoms with van der Waals surface area (Å²) >= 11 is 0. The molecule has 130 valence electrons. The molecule has 3 aromatic rings. The van der Waals surface area contributed by atoms with Gasteiger partial charge >= 0.3 is 0 Å². The molecular formula is C22H26N2O. The maximum atomic E-state index is 10.3. The van der Waals surface area contributed by atoms with Gasteiger partial charge in [0.25, 0.3) is 0 Å². The summed E-state index contributed by atoms with van der Waals surface area (Å²) in [5.41, 5.74) is 6.32. The lowest BCUT2D eigenvalue weighted by molar-refractivity contribution is 0.457. The van der Waals surface area contributed by atoms with Crippen molar-refractivity contribution in [1.29, 1.82) is 0 Å². The van der Waals surface area contributed by atoms with Gasteiger partial charge in [-0.25, -0.2) is 0 Å². The van der Waals surface area contributed by atoms with Crippen molar-refractivity contribution in [2.24, 2.45) is 4.99 Å². The van der Waals surface area contributed by atoms with Gasteiger partial charge < -0.3 is 10.1 Å². The topological polar surface area (TPSA) is 48.4 Å². The molecule has 0 atom stereocenters. The van der Waals surface area contributed by atoms with E-state index >= 15 is 0 Å². The average Bonchev–Trinajstić information content (AvgIpc) is 2.86. The van der Waals surface area contributed by atoms with Gasteiger partial charge in [0.15, 0.2) is 5.88 Å². The van der Waals surface area contributed by atoms with E-state index in [-0.39, 0.29) is 5.88 Å². The quantitative estimate of drug-likeness (QED) is 0.550. The zero-order chi connectivity index (χ0) is 18.1. The lowest BCUT2D eigenvalue weighted by Gasteiger charge is -2.16. The molecule has 1 heterocycles. The van der Waals surface area contributed by atoms with Crippen LogP contribution in [0.5, 0.6) is 5.88 Å². The van der Waals surface area contributed by atoms with Gasteiger partial charge in [0, 0.05) is 17.1 Å². The van der Waals surface area contributed by atoms with Gasteiger partial charge in [-0.15, -0.1) is 0 Å². The van der Waals surface area contributed by atoms with Crippen LogP contribution in [0, 0.1) is 6.92 Å². The van der Waals surface area contributed by atoms with E-state index in [1.54, 1.807) is 6.21 Å². The maximum absolute atomic E-state index is 10.3. The van der Waals surface area contributed by atoms with Gasteiger partial charge in [-0.3, -0.25) is 4.99 Å². The first-order chi connectivity index (χ1) is 11.9. The van der Waals surface area contributed by atoms with Gasteiger partial charge in [-0.2, -0.15) is 0 Å². The number of aromatic amines is 1. The van der Waals surface area contributed by atoms with Crippen LogP contribution in [-0.4, -0.2) is 16.3 Å². The highest BCUT2D eigenvalue weighted by Gasteiger charge is 2.14. The van der Waals surface area contributed by atoms with Crippen LogP contribution in [0.2, 0.25) is 0 Å². The van der Waals surface area contributed by atoms with Crippen molar-refractivity contribution in [3.05, 3.63) is 58.7 Å². The highest BCUT2D eigenvalue weighted by Crippen LogP contribution is 2.35. The number of benzene rings is 2. The predicted molar refractivity (Wildman–Crippen MR) is 107 cm³/mol. The summed E-state index contributed by atoms with van der Waals surface area (Å²) in [6, 6.07) is 12.5. The Morgan fingerprint density at radius 2 is 1.64 bits per heavy atom. The number of aliphatic imine (C=N–C) groups is 1. The number of nitrogens with zero attached hydrogens (tertiary/aromatic N) is 1. The molecule has 0 aliphatic rings. The Morgan fingerprint density at radius 3 is 2.24 bits per heavy atom. The number of para-hydroxylation sites is 1. The van der Waals surface area contributed by atoms with Crippen LogP contribution < -0.4 is 0 Å². The van der Waals surface area contributed by atoms with Gasteiger partial charge in [-0.1, -0.05) is 58.0 Å². The Labute approximate surface area is 149 Å². The van der Waals surface area contributed by atoms with Crippen LogP contribution in [0.25, 0.3) is 10.9 Å². The first kappa shape index (κ1) is 17.3. The standard InChI is InChI=1S/C22H26N2O/c1-13(2)16-7-6-8-17(14(3)4)21(16)23-12-19-18-10-9-15(5)11-20(18)24-22(19)25/h6-14,24-25H,1-5H3. The maximum Gasteiger partial charge on any atom is 0.198 e. The number of hydrogen-bond acceptors (Lipinski definition) is 2. The first-order valence-electron chi connectivity index (χ1n) is 8.86. The lowest BCUT2D eigenvalue weighted by Crippen LogP contribution is -1.95. The first-order valence-corrected chi connectivity index (χ1v) is 8.86. The number of hydrogen-bond donors (Lipinski definition) is 2. The summed E-state index contributed by atoms with van der Waals surface area (Å²) in [5, 5.41) is 11.3. The SMILES string of the molecule is Cc1ccc2c(C=Nc3c(C(C)C)cccc3C(C)C)c(O)[nH]c2c1. The largest absolute Gasteiger partial charge is 0.494 e. The zero-order valence-corrected chi connectivity index (χ0v) is 15.6. The molecule has 0 saturated carbocycles. The normalized spacial score (nSPS) is 12.1. The highest BCUT2D eigenvalue weighted by molar-refractivity contribution is 6.02. The summed E-state index contributed by atoms with van der Waals surface area (Å²) in [6.45, 7) is 10.8. The Hall–Kier alpha value is -2.55. The second kappa shape index (κ2) is 6.75. The molecule has 0 spiro atoms. The van der Waals surface area contributed by atoms with Crippen molar-refractivity contribution >= 4 is 22.8 Å². The van der Waals surface area contributed by atoms with E-state index in [1.165, 1.54) is 11.1 Å². The van der Waals surface area contributed by atoms with E-state index in [4.69, 9.17) is 4.99 Å². The van der Waals surface area contributed by atoms with Crippen molar-refractivity contribution in [2.45, 2.75) is 46.5 Å². The molecule has 1 aromatic heterocycles. The van der Waals surface area contributed by atoms with E-state index < -0.39 is 0 Å². The number of aromatic nitrogens is 1. The van der Waals surface area contributed by atoms with E-state index in [2.05, 4.69) is 56.9 Å². The third-order valence-corrected chi connectivity index (χ3v) is 4.64. The smallest absolute Gasteiger partial charge is 0.198 e. The number of aromatic hydroxyl groups is 1. The molecule has 25 heavy (non-hydrogen) atoms. The minimum Gasteiger partial charge on any atom is -0.494 e.